The molecule has 1 aromatic rings. The summed E-state index contributed by atoms with van der Waals surface area (Å²) in [7, 11) is 0. The SMILES string of the molecule is CC[C@H](C)C(=O)O[C@H]1C[C@H](O)C=C2C=C[C@H](C)[C@H](CC[C@@H](O)C[C@@H](O)CC(=O)Oc3ccccc3CO[N+](=O)[O-])[C@H]21. The van der Waals surface area contributed by atoms with Gasteiger partial charge in [0.15, 0.2) is 0 Å². The molecule has 0 amide bonds. The van der Waals surface area contributed by atoms with Crippen molar-refractivity contribution in [2.75, 3.05) is 0 Å². The van der Waals surface area contributed by atoms with Crippen LogP contribution < -0.4 is 4.74 Å². The van der Waals surface area contributed by atoms with Crippen LogP contribution in [0.15, 0.2) is 48.1 Å². The normalized spacial score (nSPS) is 25.7. The molecule has 41 heavy (non-hydrogen) atoms. The van der Waals surface area contributed by atoms with Crippen molar-refractivity contribution < 1.29 is 44.3 Å². The number of carbonyl (C=O) groups is 2. The molecule has 0 bridgehead atoms. The van der Waals surface area contributed by atoms with Crippen molar-refractivity contribution in [2.24, 2.45) is 23.7 Å². The zero-order valence-corrected chi connectivity index (χ0v) is 23.8. The Bertz CT molecular complexity index is 1120. The number of rotatable bonds is 14. The lowest BCUT2D eigenvalue weighted by Crippen LogP contribution is -2.43. The van der Waals surface area contributed by atoms with Crippen LogP contribution in [-0.4, -0.2) is 56.8 Å². The summed E-state index contributed by atoms with van der Waals surface area (Å²) in [4.78, 5) is 39.8. The summed E-state index contributed by atoms with van der Waals surface area (Å²) in [6.45, 7) is 5.42. The quantitative estimate of drug-likeness (QED) is 0.129. The molecule has 2 aliphatic carbocycles. The highest BCUT2D eigenvalue weighted by Gasteiger charge is 2.42. The molecule has 0 aliphatic heterocycles. The maximum absolute atomic E-state index is 12.6. The van der Waals surface area contributed by atoms with E-state index in [-0.39, 0.29) is 54.8 Å². The summed E-state index contributed by atoms with van der Waals surface area (Å²) in [5.41, 5.74) is 1.23. The number of allylic oxidation sites excluding steroid dienone is 2. The fourth-order valence-corrected chi connectivity index (χ4v) is 5.52. The molecule has 0 spiro atoms. The monoisotopic (exact) mass is 575 g/mol. The van der Waals surface area contributed by atoms with Gasteiger partial charge >= 0.3 is 11.9 Å². The third-order valence-corrected chi connectivity index (χ3v) is 7.96. The molecular weight excluding hydrogens is 534 g/mol. The summed E-state index contributed by atoms with van der Waals surface area (Å²) in [5, 5.41) is 41.1. The van der Waals surface area contributed by atoms with Gasteiger partial charge in [0.2, 0.25) is 0 Å². The Morgan fingerprint density at radius 2 is 1.93 bits per heavy atom. The van der Waals surface area contributed by atoms with E-state index in [1.165, 1.54) is 12.1 Å². The summed E-state index contributed by atoms with van der Waals surface area (Å²) < 4.78 is 11.2. The average Bonchev–Trinajstić information content (AvgIpc) is 2.91. The first kappa shape index (κ1) is 32.2. The topological polar surface area (TPSA) is 166 Å². The molecule has 0 heterocycles. The van der Waals surface area contributed by atoms with Crippen LogP contribution in [0.2, 0.25) is 0 Å². The number of aliphatic hydroxyl groups excluding tert-OH is 3. The molecular formula is C30H41NO10. The third kappa shape index (κ3) is 9.37. The molecule has 11 nitrogen and oxygen atoms in total. The molecule has 0 saturated carbocycles. The number of esters is 2. The second kappa shape index (κ2) is 15.1. The molecule has 0 fully saturated rings. The highest BCUT2D eigenvalue weighted by molar-refractivity contribution is 5.73. The number of fused-ring (bicyclic) bond motifs is 1. The number of ether oxygens (including phenoxy) is 2. The first-order chi connectivity index (χ1) is 19.5. The van der Waals surface area contributed by atoms with E-state index in [0.29, 0.717) is 31.2 Å². The minimum atomic E-state index is -1.16. The van der Waals surface area contributed by atoms with Gasteiger partial charge in [0.05, 0.1) is 30.7 Å². The molecule has 226 valence electrons. The number of carbonyl (C=O) groups excluding carboxylic acids is 2. The van der Waals surface area contributed by atoms with E-state index in [1.807, 2.05) is 19.9 Å². The van der Waals surface area contributed by atoms with Crippen molar-refractivity contribution in [1.29, 1.82) is 0 Å². The lowest BCUT2D eigenvalue weighted by atomic mass is 9.66. The molecule has 0 radical (unpaired) electrons. The molecule has 0 aromatic heterocycles. The average molecular weight is 576 g/mol. The number of benzene rings is 1. The lowest BCUT2D eigenvalue weighted by molar-refractivity contribution is -0.763. The highest BCUT2D eigenvalue weighted by Crippen LogP contribution is 2.44. The van der Waals surface area contributed by atoms with Gasteiger partial charge in [0.25, 0.3) is 5.09 Å². The minimum absolute atomic E-state index is 0.0446. The van der Waals surface area contributed by atoms with Crippen LogP contribution in [0, 0.1) is 33.8 Å². The molecule has 2 aliphatic rings. The van der Waals surface area contributed by atoms with Gasteiger partial charge in [-0.3, -0.25) is 9.59 Å². The first-order valence-electron chi connectivity index (χ1n) is 14.2. The number of hydrogen-bond acceptors (Lipinski definition) is 10. The fourth-order valence-electron chi connectivity index (χ4n) is 5.52. The lowest BCUT2D eigenvalue weighted by Gasteiger charge is -2.43. The maximum atomic E-state index is 12.6. The predicted molar refractivity (Wildman–Crippen MR) is 148 cm³/mol. The summed E-state index contributed by atoms with van der Waals surface area (Å²) in [6, 6.07) is 6.22. The first-order valence-corrected chi connectivity index (χ1v) is 14.2. The Labute approximate surface area is 239 Å². The van der Waals surface area contributed by atoms with Crippen molar-refractivity contribution in [3.05, 3.63) is 63.7 Å². The molecule has 0 unspecified atom stereocenters. The van der Waals surface area contributed by atoms with Crippen molar-refractivity contribution in [3.63, 3.8) is 0 Å². The number of nitrogens with zero attached hydrogens (tertiary/aromatic N) is 1. The van der Waals surface area contributed by atoms with Crippen LogP contribution in [0.5, 0.6) is 5.75 Å². The van der Waals surface area contributed by atoms with Crippen molar-refractivity contribution in [2.45, 2.75) is 90.3 Å². The van der Waals surface area contributed by atoms with Gasteiger partial charge in [0.1, 0.15) is 18.5 Å². The number of para-hydroxylation sites is 1. The van der Waals surface area contributed by atoms with Crippen molar-refractivity contribution in [3.8, 4) is 5.75 Å². The van der Waals surface area contributed by atoms with Crippen LogP contribution in [0.4, 0.5) is 0 Å². The van der Waals surface area contributed by atoms with Crippen LogP contribution in [0.1, 0.15) is 64.9 Å². The van der Waals surface area contributed by atoms with Gasteiger partial charge in [-0.25, -0.2) is 0 Å². The van der Waals surface area contributed by atoms with Gasteiger partial charge < -0.3 is 29.6 Å². The standard InChI is InChI=1S/C30H41NO10/c1-4-18(2)30(36)41-27-15-23(33)13-20-10-9-19(3)25(29(20)27)12-11-22(32)14-24(34)16-28(35)40-26-8-6-5-7-21(26)17-39-31(37)38/h5-10,13,18-19,22-25,27,29,32-34H,4,11-12,14-17H2,1-3H3/t18-,19-,22+,23+,24+,25-,27-,29-/m0/s1. The second-order valence-corrected chi connectivity index (χ2v) is 11.1. The summed E-state index contributed by atoms with van der Waals surface area (Å²) >= 11 is 0. The van der Waals surface area contributed by atoms with Crippen LogP contribution in [-0.2, 0) is 25.8 Å². The molecule has 8 atom stereocenters. The third-order valence-electron chi connectivity index (χ3n) is 7.96. The van der Waals surface area contributed by atoms with E-state index in [1.54, 1.807) is 18.2 Å². The van der Waals surface area contributed by atoms with Crippen molar-refractivity contribution in [1.82, 2.24) is 0 Å². The predicted octanol–water partition coefficient (Wildman–Crippen LogP) is 3.67. The van der Waals surface area contributed by atoms with Gasteiger partial charge in [-0.1, -0.05) is 57.2 Å². The minimum Gasteiger partial charge on any atom is -0.461 e. The zero-order chi connectivity index (χ0) is 30.1. The van der Waals surface area contributed by atoms with E-state index in [9.17, 15) is 35.0 Å². The summed E-state index contributed by atoms with van der Waals surface area (Å²) in [6.07, 6.45) is 4.12. The van der Waals surface area contributed by atoms with Crippen LogP contribution >= 0.6 is 0 Å². The Kier molecular flexibility index (Phi) is 11.9. The molecule has 1 aromatic carbocycles. The highest BCUT2D eigenvalue weighted by atomic mass is 16.9. The van der Waals surface area contributed by atoms with Crippen molar-refractivity contribution >= 4 is 11.9 Å². The zero-order valence-electron chi connectivity index (χ0n) is 23.8. The van der Waals surface area contributed by atoms with E-state index >= 15 is 0 Å². The van der Waals surface area contributed by atoms with E-state index in [2.05, 4.69) is 17.8 Å². The molecule has 3 N–H and O–H groups in total. The molecule has 11 heteroatoms. The van der Waals surface area contributed by atoms with Crippen LogP contribution in [0.25, 0.3) is 0 Å². The number of aliphatic hydroxyl groups is 3. The van der Waals surface area contributed by atoms with Gasteiger partial charge in [-0.2, -0.15) is 0 Å². The van der Waals surface area contributed by atoms with Crippen LogP contribution in [0.3, 0.4) is 0 Å². The molecule has 0 saturated heterocycles. The summed E-state index contributed by atoms with van der Waals surface area (Å²) in [5.74, 6) is -1.10. The van der Waals surface area contributed by atoms with E-state index in [4.69, 9.17) is 9.47 Å². The molecule has 3 rings (SSSR count). The largest absolute Gasteiger partial charge is 0.461 e. The maximum Gasteiger partial charge on any atom is 0.313 e. The fraction of sp³-hybridized carbons (Fsp3) is 0.600. The Morgan fingerprint density at radius 1 is 1.20 bits per heavy atom. The van der Waals surface area contributed by atoms with Gasteiger partial charge in [-0.05, 0) is 49.2 Å². The van der Waals surface area contributed by atoms with E-state index in [0.717, 1.165) is 5.57 Å². The number of hydrogen-bond donors (Lipinski definition) is 3. The smallest absolute Gasteiger partial charge is 0.313 e. The second-order valence-electron chi connectivity index (χ2n) is 11.1. The van der Waals surface area contributed by atoms with Gasteiger partial charge in [-0.15, -0.1) is 10.1 Å². The Hall–Kier alpha value is -3.28. The van der Waals surface area contributed by atoms with E-state index < -0.39 is 35.5 Å². The van der Waals surface area contributed by atoms with Gasteiger partial charge in [0, 0.05) is 17.9 Å². The Morgan fingerprint density at radius 3 is 2.63 bits per heavy atom. The Balaban J connectivity index is 1.56.